The first-order valence-corrected chi connectivity index (χ1v) is 23.4. The van der Waals surface area contributed by atoms with Gasteiger partial charge in [-0.25, -0.2) is 4.57 Å². The van der Waals surface area contributed by atoms with Gasteiger partial charge in [-0.15, -0.1) is 0 Å². The Balaban J connectivity index is 4.39. The van der Waals surface area contributed by atoms with Crippen LogP contribution in [0, 0.1) is 0 Å². The van der Waals surface area contributed by atoms with Crippen LogP contribution in [0.1, 0.15) is 168 Å². The Kier molecular flexibility index (Phi) is 39.7. The maximum Gasteiger partial charge on any atom is 0.472 e. The normalized spacial score (nSPS) is 14.5. The van der Waals surface area contributed by atoms with Gasteiger partial charge in [0.25, 0.3) is 0 Å². The molecule has 1 unspecified atom stereocenters. The Labute approximate surface area is 346 Å². The van der Waals surface area contributed by atoms with Crippen LogP contribution < -0.4 is 0 Å². The largest absolute Gasteiger partial charge is 0.472 e. The molecule has 0 bridgehead atoms. The zero-order chi connectivity index (χ0) is 41.9. The van der Waals surface area contributed by atoms with Gasteiger partial charge in [-0.1, -0.05) is 138 Å². The van der Waals surface area contributed by atoms with Gasteiger partial charge in [0.1, 0.15) is 12.7 Å². The van der Waals surface area contributed by atoms with Gasteiger partial charge in [0.15, 0.2) is 6.10 Å². The molecule has 0 fully saturated rings. The highest BCUT2D eigenvalue weighted by Crippen LogP contribution is 2.43. The predicted molar refractivity (Wildman–Crippen MR) is 233 cm³/mol. The topological polar surface area (TPSA) is 149 Å². The lowest BCUT2D eigenvalue weighted by Gasteiger charge is -2.20. The molecule has 0 saturated heterocycles. The molecule has 0 aliphatic heterocycles. The van der Waals surface area contributed by atoms with E-state index in [1.807, 2.05) is 0 Å². The zero-order valence-corrected chi connectivity index (χ0v) is 36.4. The van der Waals surface area contributed by atoms with Crippen LogP contribution >= 0.6 is 7.82 Å². The Bertz CT molecular complexity index is 1180. The van der Waals surface area contributed by atoms with Gasteiger partial charge in [-0.3, -0.25) is 18.6 Å². The summed E-state index contributed by atoms with van der Waals surface area (Å²) in [6, 6.07) is 0. The molecule has 0 aromatic heterocycles. The highest BCUT2D eigenvalue weighted by atomic mass is 31.2. The van der Waals surface area contributed by atoms with Crippen LogP contribution in [0.3, 0.4) is 0 Å². The second-order valence-electron chi connectivity index (χ2n) is 14.4. The maximum absolute atomic E-state index is 12.6. The number of hydrogen-bond acceptors (Lipinski definition) is 9. The van der Waals surface area contributed by atoms with Crippen molar-refractivity contribution in [2.75, 3.05) is 26.4 Å². The summed E-state index contributed by atoms with van der Waals surface area (Å²) in [6.07, 6.45) is 47.2. The summed E-state index contributed by atoms with van der Waals surface area (Å²) in [6.45, 7) is 2.26. The van der Waals surface area contributed by atoms with Gasteiger partial charge >= 0.3 is 19.8 Å². The van der Waals surface area contributed by atoms with E-state index in [9.17, 15) is 24.2 Å². The van der Waals surface area contributed by atoms with Crippen molar-refractivity contribution < 1.29 is 47.8 Å². The number of esters is 2. The van der Waals surface area contributed by atoms with E-state index >= 15 is 0 Å². The van der Waals surface area contributed by atoms with E-state index in [1.165, 1.54) is 44.9 Å². The molecule has 57 heavy (non-hydrogen) atoms. The van der Waals surface area contributed by atoms with Gasteiger partial charge in [-0.2, -0.15) is 0 Å². The van der Waals surface area contributed by atoms with Crippen molar-refractivity contribution in [3.63, 3.8) is 0 Å². The highest BCUT2D eigenvalue weighted by Gasteiger charge is 2.27. The number of aliphatic hydroxyl groups is 2. The van der Waals surface area contributed by atoms with E-state index in [-0.39, 0.29) is 19.4 Å². The quantitative estimate of drug-likeness (QED) is 0.0236. The molecule has 0 saturated carbocycles. The van der Waals surface area contributed by atoms with Crippen LogP contribution in [-0.4, -0.2) is 65.7 Å². The molecule has 0 radical (unpaired) electrons. The molecule has 328 valence electrons. The molecule has 0 aromatic rings. The average Bonchev–Trinajstić information content (AvgIpc) is 3.20. The minimum absolute atomic E-state index is 0.157. The number of rotatable bonds is 40. The van der Waals surface area contributed by atoms with Crippen LogP contribution in [-0.2, 0) is 32.7 Å². The number of hydrogen-bond donors (Lipinski definition) is 3. The summed E-state index contributed by atoms with van der Waals surface area (Å²) < 4.78 is 32.7. The van der Waals surface area contributed by atoms with Crippen LogP contribution in [0.2, 0.25) is 0 Å². The fourth-order valence-corrected chi connectivity index (χ4v) is 6.21. The number of ether oxygens (including phenoxy) is 2. The number of carbonyl (C=O) groups is 2. The molecule has 0 rings (SSSR count). The lowest BCUT2D eigenvalue weighted by molar-refractivity contribution is -0.161. The zero-order valence-electron chi connectivity index (χ0n) is 35.5. The predicted octanol–water partition coefficient (Wildman–Crippen LogP) is 11.7. The number of phosphoric ester groups is 1. The van der Waals surface area contributed by atoms with Crippen LogP contribution in [0.25, 0.3) is 0 Å². The van der Waals surface area contributed by atoms with Crippen molar-refractivity contribution >= 4 is 19.8 Å². The van der Waals surface area contributed by atoms with Gasteiger partial charge in [0.2, 0.25) is 0 Å². The maximum atomic E-state index is 12.6. The van der Waals surface area contributed by atoms with E-state index in [1.54, 1.807) is 0 Å². The van der Waals surface area contributed by atoms with E-state index in [2.05, 4.69) is 91.3 Å². The molecule has 0 heterocycles. The third-order valence-electron chi connectivity index (χ3n) is 8.83. The smallest absolute Gasteiger partial charge is 0.462 e. The minimum atomic E-state index is -4.63. The second-order valence-corrected chi connectivity index (χ2v) is 15.8. The molecule has 11 heteroatoms. The van der Waals surface area contributed by atoms with Gasteiger partial charge in [0.05, 0.1) is 19.8 Å². The lowest BCUT2D eigenvalue weighted by atomic mass is 10.1. The Hall–Kier alpha value is -2.59. The number of phosphoric acid groups is 1. The van der Waals surface area contributed by atoms with Crippen LogP contribution in [0.4, 0.5) is 0 Å². The summed E-state index contributed by atoms with van der Waals surface area (Å²) in [5, 5.41) is 18.3. The number of aliphatic hydroxyl groups excluding tert-OH is 2. The molecular formula is C46H79O10P. The summed E-state index contributed by atoms with van der Waals surface area (Å²) in [7, 11) is -4.63. The number of allylic oxidation sites excluding steroid dienone is 12. The second kappa shape index (κ2) is 41.6. The fourth-order valence-electron chi connectivity index (χ4n) is 5.42. The first-order valence-electron chi connectivity index (χ1n) is 21.9. The van der Waals surface area contributed by atoms with Crippen molar-refractivity contribution in [2.24, 2.45) is 0 Å². The minimum Gasteiger partial charge on any atom is -0.462 e. The molecule has 0 aliphatic rings. The molecule has 10 nitrogen and oxygen atoms in total. The Morgan fingerprint density at radius 1 is 0.526 bits per heavy atom. The molecular weight excluding hydrogens is 743 g/mol. The van der Waals surface area contributed by atoms with Gasteiger partial charge in [-0.05, 0) is 89.9 Å². The van der Waals surface area contributed by atoms with Crippen molar-refractivity contribution in [3.8, 4) is 0 Å². The van der Waals surface area contributed by atoms with E-state index < -0.39 is 51.8 Å². The number of unbranched alkanes of at least 4 members (excludes halogenated alkanes) is 14. The van der Waals surface area contributed by atoms with Crippen LogP contribution in [0.5, 0.6) is 0 Å². The van der Waals surface area contributed by atoms with Crippen molar-refractivity contribution in [1.82, 2.24) is 0 Å². The Morgan fingerprint density at radius 3 is 1.39 bits per heavy atom. The standard InChI is InChI=1S/C46H79O10P/c1-3-5-7-9-11-13-15-17-19-20-21-22-24-25-27-29-31-33-35-37-45(49)53-41-44(42-55-57(51,52)54-40-43(48)39-47)56-46(50)38-36-34-32-30-28-26-23-18-16-14-12-10-8-6-4-2/h11-14,17-19,21-23,25,27,43-44,47-48H,3-10,15-16,20,24,26,28-42H2,1-2H3,(H,51,52)/b13-11+,14-12+,19-17+,22-21+,23-18+,27-25+/t43-,44+/m0/s1. The average molecular weight is 823 g/mol. The summed E-state index contributed by atoms with van der Waals surface area (Å²) in [5.41, 5.74) is 0. The van der Waals surface area contributed by atoms with Gasteiger partial charge < -0.3 is 24.6 Å². The third-order valence-corrected chi connectivity index (χ3v) is 9.78. The molecule has 3 atom stereocenters. The van der Waals surface area contributed by atoms with Crippen LogP contribution in [0.15, 0.2) is 72.9 Å². The van der Waals surface area contributed by atoms with Crippen molar-refractivity contribution in [3.05, 3.63) is 72.9 Å². The van der Waals surface area contributed by atoms with E-state index in [4.69, 9.17) is 19.1 Å². The summed E-state index contributed by atoms with van der Waals surface area (Å²) >= 11 is 0. The first kappa shape index (κ1) is 54.4. The first-order chi connectivity index (χ1) is 27.7. The van der Waals surface area contributed by atoms with Crippen molar-refractivity contribution in [1.29, 1.82) is 0 Å². The fraction of sp³-hybridized carbons (Fsp3) is 0.696. The molecule has 0 spiro atoms. The van der Waals surface area contributed by atoms with Crippen molar-refractivity contribution in [2.45, 2.75) is 180 Å². The number of carbonyl (C=O) groups excluding carboxylic acids is 2. The van der Waals surface area contributed by atoms with Gasteiger partial charge in [0, 0.05) is 12.8 Å². The Morgan fingerprint density at radius 2 is 0.912 bits per heavy atom. The SMILES string of the molecule is CCCCC/C=C/C/C=C/C/C=C/C/C=C/CCCCCC(=O)OC[C@H](COP(=O)(O)OC[C@@H](O)CO)OC(=O)CCCCCCC/C=C/C/C=C/CCCCC. The van der Waals surface area contributed by atoms with E-state index in [0.717, 1.165) is 83.5 Å². The highest BCUT2D eigenvalue weighted by molar-refractivity contribution is 7.47. The molecule has 0 aliphatic carbocycles. The summed E-state index contributed by atoms with van der Waals surface area (Å²) in [5.74, 6) is -0.983. The molecule has 0 aromatic carbocycles. The van der Waals surface area contributed by atoms with E-state index in [0.29, 0.717) is 12.8 Å². The summed E-state index contributed by atoms with van der Waals surface area (Å²) in [4.78, 5) is 35.0. The monoisotopic (exact) mass is 823 g/mol. The third kappa shape index (κ3) is 41.4. The lowest BCUT2D eigenvalue weighted by Crippen LogP contribution is -2.29. The molecule has 0 amide bonds. The molecule has 3 N–H and O–H groups in total.